The van der Waals surface area contributed by atoms with E-state index in [1.807, 2.05) is 58.4 Å². The Morgan fingerprint density at radius 2 is 1.81 bits per heavy atom. The van der Waals surface area contributed by atoms with Crippen LogP contribution in [0.4, 0.5) is 0 Å². The standard InChI is InChI=1S/C23H18N6OS/c1-15-5-4-6-17(11-15)29-22(27-9-2-3-10-27)18-13-28(14-21(18)24-29)23(30)16-7-8-19-20(12-16)26-31-25-19/h2-12H,13-14H2,1H3. The summed E-state index contributed by atoms with van der Waals surface area (Å²) in [5, 5.41) is 4.91. The van der Waals surface area contributed by atoms with Crippen molar-refractivity contribution in [1.29, 1.82) is 0 Å². The predicted octanol–water partition coefficient (Wildman–Crippen LogP) is 4.13. The van der Waals surface area contributed by atoms with E-state index in [0.29, 0.717) is 18.7 Å². The normalized spacial score (nSPS) is 13.1. The van der Waals surface area contributed by atoms with Crippen LogP contribution in [-0.2, 0) is 13.1 Å². The fraction of sp³-hybridized carbons (Fsp3) is 0.130. The van der Waals surface area contributed by atoms with Gasteiger partial charge in [-0.1, -0.05) is 12.1 Å². The van der Waals surface area contributed by atoms with Gasteiger partial charge in [0.25, 0.3) is 5.91 Å². The van der Waals surface area contributed by atoms with Crippen molar-refractivity contribution < 1.29 is 4.79 Å². The molecule has 1 aliphatic heterocycles. The number of aryl methyl sites for hydroxylation is 1. The molecule has 0 saturated carbocycles. The highest BCUT2D eigenvalue weighted by Gasteiger charge is 2.32. The molecule has 0 saturated heterocycles. The summed E-state index contributed by atoms with van der Waals surface area (Å²) in [6, 6.07) is 17.8. The third-order valence-corrected chi connectivity index (χ3v) is 6.17. The van der Waals surface area contributed by atoms with Gasteiger partial charge in [-0.3, -0.25) is 4.79 Å². The Morgan fingerprint density at radius 1 is 0.968 bits per heavy atom. The molecule has 0 spiro atoms. The van der Waals surface area contributed by atoms with Gasteiger partial charge in [0, 0.05) is 23.5 Å². The molecule has 0 N–H and O–H groups in total. The van der Waals surface area contributed by atoms with Crippen LogP contribution in [0.25, 0.3) is 22.5 Å². The lowest BCUT2D eigenvalue weighted by Gasteiger charge is -2.17. The topological polar surface area (TPSA) is 68.8 Å². The van der Waals surface area contributed by atoms with Gasteiger partial charge in [0.2, 0.25) is 0 Å². The molecule has 0 aliphatic carbocycles. The number of rotatable bonds is 3. The van der Waals surface area contributed by atoms with Crippen molar-refractivity contribution in [3.05, 3.63) is 89.4 Å². The first kappa shape index (κ1) is 18.0. The molecule has 1 amide bonds. The molecule has 2 aromatic carbocycles. The van der Waals surface area contributed by atoms with E-state index in [4.69, 9.17) is 5.10 Å². The Bertz CT molecular complexity index is 1430. The van der Waals surface area contributed by atoms with E-state index in [9.17, 15) is 4.79 Å². The van der Waals surface area contributed by atoms with Crippen molar-refractivity contribution in [2.45, 2.75) is 20.0 Å². The summed E-state index contributed by atoms with van der Waals surface area (Å²) >= 11 is 1.16. The number of carbonyl (C=O) groups is 1. The number of carbonyl (C=O) groups excluding carboxylic acids is 1. The summed E-state index contributed by atoms with van der Waals surface area (Å²) in [7, 11) is 0. The smallest absolute Gasteiger partial charge is 0.254 e. The molecular weight excluding hydrogens is 408 g/mol. The lowest BCUT2D eigenvalue weighted by molar-refractivity contribution is 0.0749. The minimum Gasteiger partial charge on any atom is -0.328 e. The fourth-order valence-electron chi connectivity index (χ4n) is 4.12. The number of benzene rings is 2. The monoisotopic (exact) mass is 426 g/mol. The lowest BCUT2D eigenvalue weighted by atomic mass is 10.2. The molecule has 3 aromatic heterocycles. The first-order chi connectivity index (χ1) is 15.2. The average Bonchev–Trinajstić information content (AvgIpc) is 3.55. The predicted molar refractivity (Wildman–Crippen MR) is 119 cm³/mol. The molecular formula is C23H18N6OS. The van der Waals surface area contributed by atoms with Crippen molar-refractivity contribution in [3.8, 4) is 11.5 Å². The van der Waals surface area contributed by atoms with Crippen molar-refractivity contribution in [3.63, 3.8) is 0 Å². The van der Waals surface area contributed by atoms with Crippen molar-refractivity contribution in [1.82, 2.24) is 28.0 Å². The van der Waals surface area contributed by atoms with Crippen LogP contribution in [0.5, 0.6) is 0 Å². The quantitative estimate of drug-likeness (QED) is 0.435. The van der Waals surface area contributed by atoms with E-state index in [1.54, 1.807) is 0 Å². The van der Waals surface area contributed by atoms with E-state index in [2.05, 4.69) is 38.4 Å². The van der Waals surface area contributed by atoms with E-state index in [1.165, 1.54) is 5.56 Å². The van der Waals surface area contributed by atoms with Gasteiger partial charge >= 0.3 is 0 Å². The molecule has 152 valence electrons. The van der Waals surface area contributed by atoms with E-state index < -0.39 is 0 Å². The summed E-state index contributed by atoms with van der Waals surface area (Å²) in [4.78, 5) is 15.1. The second kappa shape index (κ2) is 6.88. The molecule has 0 bridgehead atoms. The van der Waals surface area contributed by atoms with Crippen LogP contribution in [0, 0.1) is 6.92 Å². The number of hydrogen-bond acceptors (Lipinski definition) is 5. The summed E-state index contributed by atoms with van der Waals surface area (Å²) in [6.07, 6.45) is 4.02. The Kier molecular flexibility index (Phi) is 4.00. The number of aromatic nitrogens is 5. The van der Waals surface area contributed by atoms with Gasteiger partial charge in [-0.05, 0) is 55.0 Å². The highest BCUT2D eigenvalue weighted by molar-refractivity contribution is 7.00. The number of fused-ring (bicyclic) bond motifs is 2. The molecule has 0 fully saturated rings. The van der Waals surface area contributed by atoms with Crippen molar-refractivity contribution >= 4 is 28.7 Å². The van der Waals surface area contributed by atoms with E-state index in [0.717, 1.165) is 45.5 Å². The highest BCUT2D eigenvalue weighted by atomic mass is 32.1. The third kappa shape index (κ3) is 2.95. The maximum atomic E-state index is 13.2. The maximum Gasteiger partial charge on any atom is 0.254 e. The van der Waals surface area contributed by atoms with Crippen molar-refractivity contribution in [2.75, 3.05) is 0 Å². The number of hydrogen-bond donors (Lipinski definition) is 0. The summed E-state index contributed by atoms with van der Waals surface area (Å²) < 4.78 is 12.5. The highest BCUT2D eigenvalue weighted by Crippen LogP contribution is 2.31. The molecule has 31 heavy (non-hydrogen) atoms. The molecule has 5 aromatic rings. The van der Waals surface area contributed by atoms with Crippen LogP contribution in [0.15, 0.2) is 67.0 Å². The Morgan fingerprint density at radius 3 is 2.65 bits per heavy atom. The molecule has 8 heteroatoms. The summed E-state index contributed by atoms with van der Waals surface area (Å²) in [5.74, 6) is 0.952. The fourth-order valence-corrected chi connectivity index (χ4v) is 4.64. The minimum absolute atomic E-state index is 0.0199. The molecule has 7 nitrogen and oxygen atoms in total. The summed E-state index contributed by atoms with van der Waals surface area (Å²) in [6.45, 7) is 3.07. The lowest BCUT2D eigenvalue weighted by Crippen LogP contribution is -2.26. The Balaban J connectivity index is 1.39. The second-order valence-electron chi connectivity index (χ2n) is 7.72. The average molecular weight is 427 g/mol. The van der Waals surface area contributed by atoms with E-state index >= 15 is 0 Å². The van der Waals surface area contributed by atoms with Crippen molar-refractivity contribution in [2.24, 2.45) is 0 Å². The zero-order valence-electron chi connectivity index (χ0n) is 16.8. The Labute approximate surface area is 182 Å². The first-order valence-electron chi connectivity index (χ1n) is 10.00. The molecule has 0 atom stereocenters. The van der Waals surface area contributed by atoms with Crippen LogP contribution < -0.4 is 0 Å². The zero-order valence-corrected chi connectivity index (χ0v) is 17.6. The van der Waals surface area contributed by atoms with Crippen LogP contribution in [0.1, 0.15) is 27.2 Å². The second-order valence-corrected chi connectivity index (χ2v) is 8.25. The van der Waals surface area contributed by atoms with Crippen LogP contribution in [-0.4, -0.2) is 33.9 Å². The largest absolute Gasteiger partial charge is 0.328 e. The molecule has 4 heterocycles. The number of amides is 1. The van der Waals surface area contributed by atoms with Gasteiger partial charge in [0.05, 0.1) is 36.2 Å². The molecule has 0 unspecified atom stereocenters. The third-order valence-electron chi connectivity index (χ3n) is 5.61. The first-order valence-corrected chi connectivity index (χ1v) is 10.7. The zero-order chi connectivity index (χ0) is 20.9. The van der Waals surface area contributed by atoms with Crippen LogP contribution in [0.3, 0.4) is 0 Å². The van der Waals surface area contributed by atoms with Crippen LogP contribution in [0.2, 0.25) is 0 Å². The minimum atomic E-state index is -0.0199. The van der Waals surface area contributed by atoms with Crippen LogP contribution >= 0.6 is 11.7 Å². The van der Waals surface area contributed by atoms with Gasteiger partial charge in [0.15, 0.2) is 0 Å². The maximum absolute atomic E-state index is 13.2. The molecule has 6 rings (SSSR count). The SMILES string of the molecule is Cc1cccc(-n2nc3c(c2-n2cccc2)CN(C(=O)c2ccc4nsnc4c2)C3)c1. The van der Waals surface area contributed by atoms with E-state index in [-0.39, 0.29) is 5.91 Å². The molecule has 0 radical (unpaired) electrons. The van der Waals surface area contributed by atoms with Gasteiger partial charge in [-0.25, -0.2) is 4.68 Å². The Hall–Kier alpha value is -3.78. The van der Waals surface area contributed by atoms with Gasteiger partial charge in [-0.15, -0.1) is 0 Å². The molecule has 1 aliphatic rings. The van der Waals surface area contributed by atoms with Gasteiger partial charge in [-0.2, -0.15) is 13.8 Å². The summed E-state index contributed by atoms with van der Waals surface area (Å²) in [5.41, 5.74) is 6.38. The van der Waals surface area contributed by atoms with Gasteiger partial charge < -0.3 is 9.47 Å². The van der Waals surface area contributed by atoms with Gasteiger partial charge in [0.1, 0.15) is 16.9 Å². The number of nitrogens with zero attached hydrogens (tertiary/aromatic N) is 6.